The average molecular weight is 287 g/mol. The Morgan fingerprint density at radius 2 is 1.80 bits per heavy atom. The van der Waals surface area contributed by atoms with Crippen molar-refractivity contribution in [1.29, 1.82) is 0 Å². The lowest BCUT2D eigenvalue weighted by Gasteiger charge is -2.06. The monoisotopic (exact) mass is 286 g/mol. The molecule has 0 aliphatic rings. The van der Waals surface area contributed by atoms with E-state index in [-0.39, 0.29) is 5.57 Å². The molecule has 0 saturated carbocycles. The van der Waals surface area contributed by atoms with E-state index in [1.54, 1.807) is 30.3 Å². The Labute approximate surface area is 123 Å². The van der Waals surface area contributed by atoms with Crippen LogP contribution in [0.5, 0.6) is 0 Å². The van der Waals surface area contributed by atoms with Gasteiger partial charge in [0.1, 0.15) is 0 Å². The minimum absolute atomic E-state index is 0.194. The van der Waals surface area contributed by atoms with Gasteiger partial charge < -0.3 is 5.11 Å². The maximum Gasteiger partial charge on any atom is 0.336 e. The first-order chi connectivity index (χ1) is 9.61. The van der Waals surface area contributed by atoms with Crippen LogP contribution in [0.4, 0.5) is 0 Å². The van der Waals surface area contributed by atoms with Crippen LogP contribution >= 0.6 is 11.6 Å². The van der Waals surface area contributed by atoms with E-state index in [1.807, 2.05) is 24.3 Å². The van der Waals surface area contributed by atoms with Crippen LogP contribution in [0.3, 0.4) is 0 Å². The second kappa shape index (κ2) is 6.40. The highest BCUT2D eigenvalue weighted by atomic mass is 35.5. The Kier molecular flexibility index (Phi) is 4.59. The molecule has 0 unspecified atom stereocenters. The van der Waals surface area contributed by atoms with Crippen molar-refractivity contribution in [2.75, 3.05) is 0 Å². The van der Waals surface area contributed by atoms with Gasteiger partial charge in [-0.1, -0.05) is 61.0 Å². The summed E-state index contributed by atoms with van der Waals surface area (Å²) < 4.78 is 0. The van der Waals surface area contributed by atoms with E-state index in [0.29, 0.717) is 10.6 Å². The third kappa shape index (κ3) is 3.28. The predicted molar refractivity (Wildman–Crippen MR) is 82.8 cm³/mol. The summed E-state index contributed by atoms with van der Waals surface area (Å²) in [6, 6.07) is 14.8. The number of benzene rings is 2. The van der Waals surface area contributed by atoms with Gasteiger partial charge in [0.25, 0.3) is 0 Å². The van der Waals surface area contributed by atoms with Crippen molar-refractivity contribution in [3.63, 3.8) is 0 Å². The van der Waals surface area contributed by atoms with Gasteiger partial charge in [-0.15, -0.1) is 0 Å². The number of aryl methyl sites for hydroxylation is 1. The molecule has 0 radical (unpaired) electrons. The Balaban J connectivity index is 2.45. The number of carbonyl (C=O) groups is 1. The smallest absolute Gasteiger partial charge is 0.336 e. The van der Waals surface area contributed by atoms with Gasteiger partial charge in [0.2, 0.25) is 0 Å². The second-order valence-corrected chi connectivity index (χ2v) is 4.85. The summed E-state index contributed by atoms with van der Waals surface area (Å²) in [4.78, 5) is 11.5. The molecular weight excluding hydrogens is 272 g/mol. The van der Waals surface area contributed by atoms with Gasteiger partial charge in [0, 0.05) is 10.6 Å². The first kappa shape index (κ1) is 14.4. The molecule has 3 heteroatoms. The molecule has 20 heavy (non-hydrogen) atoms. The molecule has 0 saturated heterocycles. The summed E-state index contributed by atoms with van der Waals surface area (Å²) in [6.07, 6.45) is 2.60. The van der Waals surface area contributed by atoms with Crippen molar-refractivity contribution in [2.45, 2.75) is 13.3 Å². The lowest BCUT2D eigenvalue weighted by molar-refractivity contribution is -0.130. The highest BCUT2D eigenvalue weighted by Crippen LogP contribution is 2.26. The largest absolute Gasteiger partial charge is 0.478 e. The summed E-state index contributed by atoms with van der Waals surface area (Å²) in [5.41, 5.74) is 2.79. The van der Waals surface area contributed by atoms with Gasteiger partial charge >= 0.3 is 5.97 Å². The van der Waals surface area contributed by atoms with Crippen molar-refractivity contribution in [2.24, 2.45) is 0 Å². The maximum atomic E-state index is 11.5. The second-order valence-electron chi connectivity index (χ2n) is 4.44. The van der Waals surface area contributed by atoms with E-state index < -0.39 is 5.97 Å². The minimum atomic E-state index is -0.988. The zero-order chi connectivity index (χ0) is 14.5. The van der Waals surface area contributed by atoms with Gasteiger partial charge in [0.15, 0.2) is 0 Å². The van der Waals surface area contributed by atoms with E-state index >= 15 is 0 Å². The molecule has 0 amide bonds. The van der Waals surface area contributed by atoms with Crippen molar-refractivity contribution >= 4 is 29.2 Å². The number of carboxylic acids is 1. The summed E-state index contributed by atoms with van der Waals surface area (Å²) in [5.74, 6) is -0.988. The summed E-state index contributed by atoms with van der Waals surface area (Å²) in [7, 11) is 0. The first-order valence-corrected chi connectivity index (χ1v) is 6.78. The molecule has 1 N–H and O–H groups in total. The SMILES string of the molecule is CCc1ccc(/C=C(/C(=O)O)c2ccccc2Cl)cc1. The van der Waals surface area contributed by atoms with Crippen LogP contribution in [0.25, 0.3) is 11.6 Å². The first-order valence-electron chi connectivity index (χ1n) is 6.40. The molecule has 0 bridgehead atoms. The van der Waals surface area contributed by atoms with E-state index in [4.69, 9.17) is 11.6 Å². The summed E-state index contributed by atoms with van der Waals surface area (Å²) in [5, 5.41) is 9.82. The fourth-order valence-corrected chi connectivity index (χ4v) is 2.19. The van der Waals surface area contributed by atoms with Crippen LogP contribution in [0.1, 0.15) is 23.6 Å². The lowest BCUT2D eigenvalue weighted by atomic mass is 10.0. The Morgan fingerprint density at radius 3 is 2.35 bits per heavy atom. The van der Waals surface area contributed by atoms with Gasteiger partial charge in [-0.3, -0.25) is 0 Å². The molecule has 0 aliphatic heterocycles. The molecule has 2 rings (SSSR count). The number of aliphatic carboxylic acids is 1. The Morgan fingerprint density at radius 1 is 1.15 bits per heavy atom. The zero-order valence-electron chi connectivity index (χ0n) is 11.1. The molecule has 2 aromatic rings. The van der Waals surface area contributed by atoms with Crippen molar-refractivity contribution in [3.05, 3.63) is 70.2 Å². The summed E-state index contributed by atoms with van der Waals surface area (Å²) in [6.45, 7) is 2.08. The number of rotatable bonds is 4. The predicted octanol–water partition coefficient (Wildman–Crippen LogP) is 4.53. The topological polar surface area (TPSA) is 37.3 Å². The van der Waals surface area contributed by atoms with Crippen molar-refractivity contribution in [1.82, 2.24) is 0 Å². The third-order valence-corrected chi connectivity index (χ3v) is 3.42. The van der Waals surface area contributed by atoms with Gasteiger partial charge in [-0.05, 0) is 29.7 Å². The standard InChI is InChI=1S/C17H15ClO2/c1-2-12-7-9-13(10-8-12)11-15(17(19)20)14-5-3-4-6-16(14)18/h3-11H,2H2,1H3,(H,19,20)/b15-11+. The van der Waals surface area contributed by atoms with E-state index in [0.717, 1.165) is 12.0 Å². The van der Waals surface area contributed by atoms with Gasteiger partial charge in [-0.2, -0.15) is 0 Å². The lowest BCUT2D eigenvalue weighted by Crippen LogP contribution is -2.00. The highest BCUT2D eigenvalue weighted by molar-refractivity contribution is 6.35. The van der Waals surface area contributed by atoms with Crippen molar-refractivity contribution in [3.8, 4) is 0 Å². The van der Waals surface area contributed by atoms with Gasteiger partial charge in [0.05, 0.1) is 5.57 Å². The molecule has 2 nitrogen and oxygen atoms in total. The molecule has 0 spiro atoms. The summed E-state index contributed by atoms with van der Waals surface area (Å²) >= 11 is 6.07. The molecule has 0 fully saturated rings. The quantitative estimate of drug-likeness (QED) is 0.662. The van der Waals surface area contributed by atoms with Crippen LogP contribution < -0.4 is 0 Å². The van der Waals surface area contributed by atoms with Crippen LogP contribution in [0, 0.1) is 0 Å². The van der Waals surface area contributed by atoms with Gasteiger partial charge in [-0.25, -0.2) is 4.79 Å². The Bertz CT molecular complexity index is 642. The van der Waals surface area contributed by atoms with E-state index in [2.05, 4.69) is 6.92 Å². The third-order valence-electron chi connectivity index (χ3n) is 3.09. The van der Waals surface area contributed by atoms with Crippen molar-refractivity contribution < 1.29 is 9.90 Å². The molecular formula is C17H15ClO2. The average Bonchev–Trinajstić information content (AvgIpc) is 2.46. The van der Waals surface area contributed by atoms with Crippen LogP contribution in [-0.2, 0) is 11.2 Å². The molecule has 2 aromatic carbocycles. The number of carboxylic acid groups (broad SMARTS) is 1. The molecule has 102 valence electrons. The highest BCUT2D eigenvalue weighted by Gasteiger charge is 2.13. The molecule has 0 aromatic heterocycles. The van der Waals surface area contributed by atoms with E-state index in [9.17, 15) is 9.90 Å². The fourth-order valence-electron chi connectivity index (χ4n) is 1.95. The van der Waals surface area contributed by atoms with E-state index in [1.165, 1.54) is 5.56 Å². The van der Waals surface area contributed by atoms with Crippen LogP contribution in [-0.4, -0.2) is 11.1 Å². The number of hydrogen-bond acceptors (Lipinski definition) is 1. The number of halogens is 1. The molecule has 0 heterocycles. The van der Waals surface area contributed by atoms with Crippen LogP contribution in [0.2, 0.25) is 5.02 Å². The minimum Gasteiger partial charge on any atom is -0.478 e. The molecule has 0 aliphatic carbocycles. The maximum absolute atomic E-state index is 11.5. The number of hydrogen-bond donors (Lipinski definition) is 1. The fraction of sp³-hybridized carbons (Fsp3) is 0.118. The van der Waals surface area contributed by atoms with Crippen LogP contribution in [0.15, 0.2) is 48.5 Å². The molecule has 0 atom stereocenters. The zero-order valence-corrected chi connectivity index (χ0v) is 11.9. The normalized spacial score (nSPS) is 11.4. The Hall–Kier alpha value is -2.06.